The Morgan fingerprint density at radius 3 is 2.78 bits per heavy atom. The van der Waals surface area contributed by atoms with E-state index in [0.717, 1.165) is 5.01 Å². The molecule has 0 atom stereocenters. The van der Waals surface area contributed by atoms with Crippen LogP contribution >= 0.6 is 11.3 Å². The number of carbonyl (C=O) groups excluding carboxylic acids is 1. The fourth-order valence-electron chi connectivity index (χ4n) is 1.70. The maximum absolute atomic E-state index is 13.6. The first-order valence-electron chi connectivity index (χ1n) is 5.35. The number of ether oxygens (including phenoxy) is 1. The predicted molar refractivity (Wildman–Crippen MR) is 68.3 cm³/mol. The van der Waals surface area contributed by atoms with Crippen molar-refractivity contribution in [3.63, 3.8) is 0 Å². The molecule has 0 amide bonds. The fraction of sp³-hybridized carbons (Fsp3) is 0.231. The van der Waals surface area contributed by atoms with E-state index in [1.54, 1.807) is 26.0 Å². The highest BCUT2D eigenvalue weighted by Crippen LogP contribution is 2.33. The summed E-state index contributed by atoms with van der Waals surface area (Å²) in [5, 5.41) is 0.745. The Balaban J connectivity index is 2.64. The molecule has 2 aromatic rings. The minimum Gasteiger partial charge on any atom is -0.464 e. The van der Waals surface area contributed by atoms with Gasteiger partial charge in [0.2, 0.25) is 0 Å². The molecule has 0 saturated heterocycles. The minimum absolute atomic E-state index is 0.244. The lowest BCUT2D eigenvalue weighted by Gasteiger charge is -2.05. The molecular formula is C13H12FNO2S. The number of carbonyl (C=O) groups is 1. The van der Waals surface area contributed by atoms with Gasteiger partial charge in [-0.15, -0.1) is 11.3 Å². The quantitative estimate of drug-likeness (QED) is 0.782. The molecule has 0 bridgehead atoms. The van der Waals surface area contributed by atoms with E-state index < -0.39 is 5.97 Å². The molecule has 94 valence electrons. The van der Waals surface area contributed by atoms with Gasteiger partial charge in [-0.05, 0) is 25.5 Å². The topological polar surface area (TPSA) is 39.2 Å². The van der Waals surface area contributed by atoms with E-state index in [9.17, 15) is 9.18 Å². The molecule has 3 nitrogen and oxygen atoms in total. The molecule has 1 aromatic heterocycles. The second-order valence-corrected chi connectivity index (χ2v) is 5.02. The molecule has 0 aliphatic rings. The first-order chi connectivity index (χ1) is 8.54. The second kappa shape index (κ2) is 4.86. The lowest BCUT2D eigenvalue weighted by molar-refractivity contribution is 0.0595. The summed E-state index contributed by atoms with van der Waals surface area (Å²) in [4.78, 5) is 16.4. The third-order valence-electron chi connectivity index (χ3n) is 2.63. The van der Waals surface area contributed by atoms with Crippen molar-refractivity contribution in [2.45, 2.75) is 13.8 Å². The van der Waals surface area contributed by atoms with Gasteiger partial charge in [0.1, 0.15) is 5.82 Å². The van der Waals surface area contributed by atoms with E-state index in [4.69, 9.17) is 4.74 Å². The standard InChI is InChI=1S/C13H12FNO2S/c1-7-9(5-4-6-10(7)14)12-11(13(16)17-3)15-8(2)18-12/h4-6H,1-3H3. The van der Waals surface area contributed by atoms with Gasteiger partial charge in [-0.25, -0.2) is 14.2 Å². The monoisotopic (exact) mass is 265 g/mol. The van der Waals surface area contributed by atoms with E-state index in [0.29, 0.717) is 16.0 Å². The number of thiazole rings is 1. The summed E-state index contributed by atoms with van der Waals surface area (Å²) in [6, 6.07) is 4.79. The minimum atomic E-state index is -0.502. The molecule has 1 heterocycles. The van der Waals surface area contributed by atoms with Gasteiger partial charge in [0.05, 0.1) is 17.0 Å². The smallest absolute Gasteiger partial charge is 0.358 e. The van der Waals surface area contributed by atoms with Crippen LogP contribution in [0.3, 0.4) is 0 Å². The van der Waals surface area contributed by atoms with Crippen LogP contribution in [0.5, 0.6) is 0 Å². The van der Waals surface area contributed by atoms with Crippen LogP contribution in [-0.2, 0) is 4.74 Å². The molecule has 0 aliphatic heterocycles. The van der Waals surface area contributed by atoms with Crippen molar-refractivity contribution in [2.24, 2.45) is 0 Å². The van der Waals surface area contributed by atoms with Crippen LogP contribution < -0.4 is 0 Å². The van der Waals surface area contributed by atoms with Gasteiger partial charge < -0.3 is 4.74 Å². The van der Waals surface area contributed by atoms with E-state index in [-0.39, 0.29) is 11.5 Å². The largest absolute Gasteiger partial charge is 0.464 e. The van der Waals surface area contributed by atoms with Crippen LogP contribution in [0.15, 0.2) is 18.2 Å². The van der Waals surface area contributed by atoms with Gasteiger partial charge in [0.25, 0.3) is 0 Å². The van der Waals surface area contributed by atoms with Gasteiger partial charge >= 0.3 is 5.97 Å². The number of esters is 1. The summed E-state index contributed by atoms with van der Waals surface area (Å²) >= 11 is 1.36. The van der Waals surface area contributed by atoms with Crippen molar-refractivity contribution in [1.29, 1.82) is 0 Å². The summed E-state index contributed by atoms with van der Waals surface area (Å²) in [5.41, 5.74) is 1.43. The number of benzene rings is 1. The van der Waals surface area contributed by atoms with Gasteiger partial charge in [-0.2, -0.15) is 0 Å². The zero-order valence-electron chi connectivity index (χ0n) is 10.3. The van der Waals surface area contributed by atoms with E-state index in [2.05, 4.69) is 4.98 Å². The zero-order chi connectivity index (χ0) is 13.3. The Kier molecular flexibility index (Phi) is 3.43. The molecule has 0 unspecified atom stereocenters. The highest BCUT2D eigenvalue weighted by atomic mass is 32.1. The van der Waals surface area contributed by atoms with Crippen molar-refractivity contribution in [2.75, 3.05) is 7.11 Å². The average Bonchev–Trinajstić information content (AvgIpc) is 2.73. The number of hydrogen-bond acceptors (Lipinski definition) is 4. The number of nitrogens with zero attached hydrogens (tertiary/aromatic N) is 1. The van der Waals surface area contributed by atoms with Crippen LogP contribution in [0.2, 0.25) is 0 Å². The summed E-state index contributed by atoms with van der Waals surface area (Å²) < 4.78 is 18.2. The van der Waals surface area contributed by atoms with E-state index in [1.807, 2.05) is 0 Å². The third-order valence-corrected chi connectivity index (χ3v) is 3.63. The van der Waals surface area contributed by atoms with Crippen LogP contribution in [0.1, 0.15) is 21.1 Å². The lowest BCUT2D eigenvalue weighted by Crippen LogP contribution is -2.03. The number of rotatable bonds is 2. The normalized spacial score (nSPS) is 10.4. The van der Waals surface area contributed by atoms with Gasteiger partial charge in [-0.1, -0.05) is 12.1 Å². The van der Waals surface area contributed by atoms with Gasteiger partial charge in [-0.3, -0.25) is 0 Å². The van der Waals surface area contributed by atoms with Crippen molar-refractivity contribution < 1.29 is 13.9 Å². The summed E-state index contributed by atoms with van der Waals surface area (Å²) in [6.07, 6.45) is 0. The number of methoxy groups -OCH3 is 1. The number of aromatic nitrogens is 1. The molecule has 1 aromatic carbocycles. The average molecular weight is 265 g/mol. The van der Waals surface area contributed by atoms with Gasteiger partial charge in [0, 0.05) is 5.56 Å². The van der Waals surface area contributed by atoms with Crippen LogP contribution in [0.25, 0.3) is 10.4 Å². The Labute approximate surface area is 108 Å². The molecule has 5 heteroatoms. The first kappa shape index (κ1) is 12.7. The fourth-order valence-corrected chi connectivity index (χ4v) is 2.69. The molecule has 2 rings (SSSR count). The van der Waals surface area contributed by atoms with E-state index in [1.165, 1.54) is 24.5 Å². The molecule has 0 saturated carbocycles. The maximum atomic E-state index is 13.6. The van der Waals surface area contributed by atoms with Crippen molar-refractivity contribution in [3.05, 3.63) is 40.3 Å². The Morgan fingerprint density at radius 2 is 2.11 bits per heavy atom. The number of hydrogen-bond donors (Lipinski definition) is 0. The molecule has 0 aliphatic carbocycles. The number of aryl methyl sites for hydroxylation is 1. The van der Waals surface area contributed by atoms with E-state index >= 15 is 0 Å². The summed E-state index contributed by atoms with van der Waals surface area (Å²) in [7, 11) is 1.30. The zero-order valence-corrected chi connectivity index (χ0v) is 11.1. The maximum Gasteiger partial charge on any atom is 0.358 e. The third kappa shape index (κ3) is 2.13. The second-order valence-electron chi connectivity index (χ2n) is 3.81. The molecular weight excluding hydrogens is 253 g/mol. The summed E-state index contributed by atoms with van der Waals surface area (Å²) in [6.45, 7) is 3.48. The van der Waals surface area contributed by atoms with Crippen LogP contribution in [0, 0.1) is 19.7 Å². The highest BCUT2D eigenvalue weighted by Gasteiger charge is 2.20. The Hall–Kier alpha value is -1.75. The SMILES string of the molecule is COC(=O)c1nc(C)sc1-c1cccc(F)c1C. The molecule has 18 heavy (non-hydrogen) atoms. The Bertz CT molecular complexity index is 607. The van der Waals surface area contributed by atoms with Crippen LogP contribution in [0.4, 0.5) is 4.39 Å². The van der Waals surface area contributed by atoms with Crippen molar-refractivity contribution in [3.8, 4) is 10.4 Å². The Morgan fingerprint density at radius 1 is 1.39 bits per heavy atom. The highest BCUT2D eigenvalue weighted by molar-refractivity contribution is 7.15. The van der Waals surface area contributed by atoms with Crippen LogP contribution in [-0.4, -0.2) is 18.1 Å². The van der Waals surface area contributed by atoms with Crippen molar-refractivity contribution in [1.82, 2.24) is 4.98 Å². The molecule has 0 radical (unpaired) electrons. The number of halogens is 1. The van der Waals surface area contributed by atoms with Gasteiger partial charge in [0.15, 0.2) is 5.69 Å². The first-order valence-corrected chi connectivity index (χ1v) is 6.17. The molecule has 0 spiro atoms. The molecule has 0 fully saturated rings. The summed E-state index contributed by atoms with van der Waals surface area (Å²) in [5.74, 6) is -0.799. The lowest BCUT2D eigenvalue weighted by atomic mass is 10.1. The molecule has 0 N–H and O–H groups in total. The predicted octanol–water partition coefficient (Wildman–Crippen LogP) is 3.35. The van der Waals surface area contributed by atoms with Crippen molar-refractivity contribution >= 4 is 17.3 Å².